The maximum absolute atomic E-state index is 12.8. The highest BCUT2D eigenvalue weighted by Gasteiger charge is 2.30. The molecule has 7 nitrogen and oxygen atoms in total. The third kappa shape index (κ3) is 4.64. The molecule has 2 aliphatic rings. The summed E-state index contributed by atoms with van der Waals surface area (Å²) in [6, 6.07) is 5.94. The topological polar surface area (TPSA) is 95.3 Å². The van der Waals surface area contributed by atoms with Gasteiger partial charge in [0.25, 0.3) is 5.89 Å². The predicted octanol–water partition coefficient (Wildman–Crippen LogP) is 4.25. The minimum Gasteiger partial charge on any atom is -0.459 e. The average molecular weight is 396 g/mol. The highest BCUT2D eigenvalue weighted by molar-refractivity contribution is 5.79. The van der Waals surface area contributed by atoms with E-state index in [2.05, 4.69) is 16.4 Å². The minimum absolute atomic E-state index is 0.0229. The van der Waals surface area contributed by atoms with E-state index in [0.717, 1.165) is 25.7 Å². The molecule has 29 heavy (non-hydrogen) atoms. The lowest BCUT2D eigenvalue weighted by Crippen LogP contribution is -2.44. The second-order valence-corrected chi connectivity index (χ2v) is 8.07. The Morgan fingerprint density at radius 1 is 1.14 bits per heavy atom. The van der Waals surface area contributed by atoms with Gasteiger partial charge >= 0.3 is 0 Å². The zero-order valence-corrected chi connectivity index (χ0v) is 16.7. The van der Waals surface area contributed by atoms with E-state index in [-0.39, 0.29) is 17.5 Å². The third-order valence-corrected chi connectivity index (χ3v) is 6.05. The largest absolute Gasteiger partial charge is 0.459 e. The second kappa shape index (κ2) is 9.17. The first-order chi connectivity index (χ1) is 14.2. The standard InChI is InChI=1S/C22H28N4O3/c23-15-18-22(29-21(25-18)19-9-6-14-28-19)26-12-10-16(11-13-26)20(27)24-17-7-4-2-1-3-5-8-17/h6,9,14,16-17H,1-5,7-8,10-13H2,(H,24,27). The average Bonchev–Trinajstić information content (AvgIpc) is 3.39. The molecule has 0 atom stereocenters. The van der Waals surface area contributed by atoms with Gasteiger partial charge in [-0.15, -0.1) is 0 Å². The van der Waals surface area contributed by atoms with Crippen molar-refractivity contribution in [2.75, 3.05) is 18.0 Å². The van der Waals surface area contributed by atoms with Crippen LogP contribution in [0.1, 0.15) is 63.5 Å². The number of amides is 1. The number of hydrogen-bond donors (Lipinski definition) is 1. The maximum atomic E-state index is 12.8. The van der Waals surface area contributed by atoms with Gasteiger partial charge < -0.3 is 19.1 Å². The van der Waals surface area contributed by atoms with E-state index in [1.807, 2.05) is 4.90 Å². The summed E-state index contributed by atoms with van der Waals surface area (Å²) in [4.78, 5) is 19.0. The van der Waals surface area contributed by atoms with Gasteiger partial charge in [0.1, 0.15) is 6.07 Å². The highest BCUT2D eigenvalue weighted by atomic mass is 16.4. The molecule has 0 aromatic carbocycles. The van der Waals surface area contributed by atoms with Crippen LogP contribution in [0.15, 0.2) is 27.2 Å². The molecule has 4 rings (SSSR count). The van der Waals surface area contributed by atoms with Gasteiger partial charge in [0.2, 0.25) is 17.5 Å². The molecule has 1 aliphatic heterocycles. The Morgan fingerprint density at radius 2 is 1.86 bits per heavy atom. The van der Waals surface area contributed by atoms with E-state index in [9.17, 15) is 10.1 Å². The Morgan fingerprint density at radius 3 is 2.52 bits per heavy atom. The lowest BCUT2D eigenvalue weighted by Gasteiger charge is -2.32. The Balaban J connectivity index is 1.34. The van der Waals surface area contributed by atoms with Crippen molar-refractivity contribution >= 4 is 11.8 Å². The van der Waals surface area contributed by atoms with Crippen LogP contribution in [0.4, 0.5) is 5.88 Å². The van der Waals surface area contributed by atoms with Crippen molar-refractivity contribution in [2.45, 2.75) is 63.8 Å². The van der Waals surface area contributed by atoms with E-state index >= 15 is 0 Å². The van der Waals surface area contributed by atoms with Crippen molar-refractivity contribution < 1.29 is 13.6 Å². The normalized spacial score (nSPS) is 19.3. The fourth-order valence-electron chi connectivity index (χ4n) is 4.37. The molecule has 1 aliphatic carbocycles. The molecule has 2 fully saturated rings. The Kier molecular flexibility index (Phi) is 6.18. The fraction of sp³-hybridized carbons (Fsp3) is 0.591. The van der Waals surface area contributed by atoms with Crippen LogP contribution in [-0.2, 0) is 4.79 Å². The highest BCUT2D eigenvalue weighted by Crippen LogP contribution is 2.31. The first-order valence-electron chi connectivity index (χ1n) is 10.7. The lowest BCUT2D eigenvalue weighted by molar-refractivity contribution is -0.126. The first kappa shape index (κ1) is 19.6. The number of rotatable bonds is 4. The number of carbonyl (C=O) groups excluding carboxylic acids is 1. The zero-order valence-electron chi connectivity index (χ0n) is 16.7. The molecule has 2 aromatic rings. The molecule has 0 radical (unpaired) electrons. The first-order valence-corrected chi connectivity index (χ1v) is 10.7. The molecule has 1 saturated heterocycles. The van der Waals surface area contributed by atoms with Gasteiger partial charge in [-0.1, -0.05) is 32.1 Å². The minimum atomic E-state index is 0.0229. The van der Waals surface area contributed by atoms with Gasteiger partial charge in [0.15, 0.2) is 5.76 Å². The molecular formula is C22H28N4O3. The van der Waals surface area contributed by atoms with E-state index in [4.69, 9.17) is 8.83 Å². The number of nitriles is 1. The number of nitrogens with one attached hydrogen (secondary N) is 1. The fourth-order valence-corrected chi connectivity index (χ4v) is 4.37. The van der Waals surface area contributed by atoms with Crippen LogP contribution < -0.4 is 10.2 Å². The monoisotopic (exact) mass is 396 g/mol. The summed E-state index contributed by atoms with van der Waals surface area (Å²) >= 11 is 0. The predicted molar refractivity (Wildman–Crippen MR) is 108 cm³/mol. The molecule has 7 heteroatoms. The Labute approximate surface area is 171 Å². The number of hydrogen-bond acceptors (Lipinski definition) is 6. The van der Waals surface area contributed by atoms with Gasteiger partial charge in [0.05, 0.1) is 6.26 Å². The number of piperidine rings is 1. The summed E-state index contributed by atoms with van der Waals surface area (Å²) in [5, 5.41) is 12.7. The molecule has 0 spiro atoms. The Hall–Kier alpha value is -2.75. The van der Waals surface area contributed by atoms with Crippen molar-refractivity contribution in [1.82, 2.24) is 10.3 Å². The van der Waals surface area contributed by atoms with E-state index in [1.54, 1.807) is 18.4 Å². The molecule has 0 bridgehead atoms. The van der Waals surface area contributed by atoms with Crippen molar-refractivity contribution in [3.8, 4) is 17.7 Å². The maximum Gasteiger partial charge on any atom is 0.266 e. The van der Waals surface area contributed by atoms with Crippen LogP contribution >= 0.6 is 0 Å². The van der Waals surface area contributed by atoms with Crippen molar-refractivity contribution in [1.29, 1.82) is 5.26 Å². The third-order valence-electron chi connectivity index (χ3n) is 6.05. The van der Waals surface area contributed by atoms with Crippen LogP contribution in [0.2, 0.25) is 0 Å². The molecular weight excluding hydrogens is 368 g/mol. The van der Waals surface area contributed by atoms with Crippen LogP contribution in [0.3, 0.4) is 0 Å². The van der Waals surface area contributed by atoms with Gasteiger partial charge in [-0.25, -0.2) is 0 Å². The van der Waals surface area contributed by atoms with Crippen molar-refractivity contribution in [2.24, 2.45) is 5.92 Å². The Bertz CT molecular complexity index is 836. The number of oxazole rings is 1. The molecule has 1 amide bonds. The smallest absolute Gasteiger partial charge is 0.266 e. The summed E-state index contributed by atoms with van der Waals surface area (Å²) in [6.07, 6.45) is 11.6. The van der Waals surface area contributed by atoms with Crippen molar-refractivity contribution in [3.63, 3.8) is 0 Å². The van der Waals surface area contributed by atoms with Crippen LogP contribution in [0.25, 0.3) is 11.7 Å². The zero-order chi connectivity index (χ0) is 20.1. The van der Waals surface area contributed by atoms with Gasteiger partial charge in [-0.3, -0.25) is 4.79 Å². The van der Waals surface area contributed by atoms with E-state index < -0.39 is 0 Å². The van der Waals surface area contributed by atoms with Gasteiger partial charge in [-0.2, -0.15) is 10.2 Å². The number of nitrogens with zero attached hydrogens (tertiary/aromatic N) is 3. The molecule has 0 unspecified atom stereocenters. The number of carbonyl (C=O) groups is 1. The molecule has 154 valence electrons. The van der Waals surface area contributed by atoms with Crippen molar-refractivity contribution in [3.05, 3.63) is 24.1 Å². The molecule has 1 N–H and O–H groups in total. The second-order valence-electron chi connectivity index (χ2n) is 8.07. The molecule has 3 heterocycles. The van der Waals surface area contributed by atoms with Crippen LogP contribution in [-0.4, -0.2) is 30.0 Å². The lowest BCUT2D eigenvalue weighted by atomic mass is 9.93. The quantitative estimate of drug-likeness (QED) is 0.830. The van der Waals surface area contributed by atoms with E-state index in [1.165, 1.54) is 32.1 Å². The molecule has 2 aromatic heterocycles. The number of anilines is 1. The number of furan rings is 1. The summed E-state index contributed by atoms with van der Waals surface area (Å²) in [7, 11) is 0. The number of aromatic nitrogens is 1. The summed E-state index contributed by atoms with van der Waals surface area (Å²) < 4.78 is 11.2. The summed E-state index contributed by atoms with van der Waals surface area (Å²) in [5.41, 5.74) is 0.258. The van der Waals surface area contributed by atoms with Crippen LogP contribution in [0.5, 0.6) is 0 Å². The molecule has 1 saturated carbocycles. The van der Waals surface area contributed by atoms with E-state index in [0.29, 0.717) is 36.7 Å². The van der Waals surface area contributed by atoms with Gasteiger partial charge in [0, 0.05) is 25.0 Å². The summed E-state index contributed by atoms with van der Waals surface area (Å²) in [5.74, 6) is 1.49. The van der Waals surface area contributed by atoms with Crippen LogP contribution in [0, 0.1) is 17.2 Å². The summed E-state index contributed by atoms with van der Waals surface area (Å²) in [6.45, 7) is 1.34. The SMILES string of the molecule is N#Cc1nc(-c2ccco2)oc1N1CCC(C(=O)NC2CCCCCCC2)CC1. The van der Waals surface area contributed by atoms with Gasteiger partial charge in [-0.05, 0) is 37.8 Å².